The maximum atomic E-state index is 12.8. The molecule has 2 aromatic rings. The van der Waals surface area contributed by atoms with Crippen LogP contribution in [0.15, 0.2) is 48.5 Å². The van der Waals surface area contributed by atoms with Gasteiger partial charge in [-0.3, -0.25) is 19.8 Å². The van der Waals surface area contributed by atoms with E-state index in [-0.39, 0.29) is 24.6 Å². The minimum atomic E-state index is -1.24. The zero-order valence-electron chi connectivity index (χ0n) is 14.9. The molecule has 9 nitrogen and oxygen atoms in total. The molecule has 1 atom stereocenters. The van der Waals surface area contributed by atoms with Gasteiger partial charge in [0, 0.05) is 6.07 Å². The van der Waals surface area contributed by atoms with Crippen molar-refractivity contribution in [2.45, 2.75) is 12.5 Å². The number of nitrogens with zero attached hydrogens (tertiary/aromatic N) is 3. The molecule has 0 spiro atoms. The van der Waals surface area contributed by atoms with Crippen LogP contribution in [-0.2, 0) is 10.3 Å². The second-order valence-corrected chi connectivity index (χ2v) is 6.30. The van der Waals surface area contributed by atoms with E-state index < -0.39 is 22.4 Å². The molecule has 1 heterocycles. The summed E-state index contributed by atoms with van der Waals surface area (Å²) in [5, 5.41) is 22.3. The molecule has 0 aliphatic carbocycles. The molecule has 1 aliphatic heterocycles. The number of carbonyl (C=O) groups is 2. The first-order valence-electron chi connectivity index (χ1n) is 8.37. The Morgan fingerprint density at radius 2 is 1.96 bits per heavy atom. The second-order valence-electron chi connectivity index (χ2n) is 6.30. The summed E-state index contributed by atoms with van der Waals surface area (Å²) in [7, 11) is 0. The lowest BCUT2D eigenvalue weighted by Gasteiger charge is -2.22. The molecular formula is C19H16N4O5. The Morgan fingerprint density at radius 3 is 2.61 bits per heavy atom. The summed E-state index contributed by atoms with van der Waals surface area (Å²) in [4.78, 5) is 36.4. The van der Waals surface area contributed by atoms with E-state index in [0.717, 1.165) is 4.90 Å². The number of hydrogen-bond donors (Lipinski definition) is 1. The highest BCUT2D eigenvalue weighted by Gasteiger charge is 2.48. The third-order valence-corrected chi connectivity index (χ3v) is 4.48. The van der Waals surface area contributed by atoms with Crippen molar-refractivity contribution in [3.05, 3.63) is 69.8 Å². The molecule has 3 amide bonds. The largest absolute Gasteiger partial charge is 0.491 e. The van der Waals surface area contributed by atoms with E-state index in [9.17, 15) is 19.7 Å². The van der Waals surface area contributed by atoms with Gasteiger partial charge >= 0.3 is 6.03 Å². The average molecular weight is 380 g/mol. The number of ether oxygens (including phenoxy) is 1. The van der Waals surface area contributed by atoms with Gasteiger partial charge in [0.05, 0.1) is 29.2 Å². The molecule has 0 bridgehead atoms. The van der Waals surface area contributed by atoms with Crippen molar-refractivity contribution in [3.8, 4) is 11.8 Å². The normalized spacial score (nSPS) is 18.5. The molecule has 0 unspecified atom stereocenters. The summed E-state index contributed by atoms with van der Waals surface area (Å²) in [5.74, 6) is -0.166. The molecule has 28 heavy (non-hydrogen) atoms. The Kier molecular flexibility index (Phi) is 4.96. The van der Waals surface area contributed by atoms with Gasteiger partial charge in [-0.2, -0.15) is 5.26 Å². The van der Waals surface area contributed by atoms with Crippen molar-refractivity contribution in [2.75, 3.05) is 13.2 Å². The monoisotopic (exact) mass is 380 g/mol. The number of benzene rings is 2. The fourth-order valence-corrected chi connectivity index (χ4v) is 2.92. The molecule has 2 aromatic carbocycles. The first-order valence-corrected chi connectivity index (χ1v) is 8.37. The number of amides is 3. The standard InChI is InChI=1S/C19H16N4O5/c1-19(14-7-5-13(12-20)6-8-14)17(24)22(18(25)21-19)9-10-28-16-4-2-3-15(11-16)23(26)27/h2-8,11H,9-10H2,1H3,(H,21,25)/t19-/m1/s1. The average Bonchev–Trinajstić information content (AvgIpc) is 2.92. The summed E-state index contributed by atoms with van der Waals surface area (Å²) in [6, 6.07) is 13.5. The van der Waals surface area contributed by atoms with Crippen LogP contribution in [0, 0.1) is 21.4 Å². The van der Waals surface area contributed by atoms with E-state index in [0.29, 0.717) is 11.1 Å². The summed E-state index contributed by atoms with van der Waals surface area (Å²) < 4.78 is 5.45. The van der Waals surface area contributed by atoms with Gasteiger partial charge in [-0.05, 0) is 30.7 Å². The van der Waals surface area contributed by atoms with Gasteiger partial charge in [0.15, 0.2) is 0 Å². The number of nitro groups is 1. The van der Waals surface area contributed by atoms with E-state index in [1.807, 2.05) is 6.07 Å². The van der Waals surface area contributed by atoms with Crippen molar-refractivity contribution in [1.29, 1.82) is 5.26 Å². The van der Waals surface area contributed by atoms with Crippen LogP contribution in [0.1, 0.15) is 18.1 Å². The molecule has 142 valence electrons. The van der Waals surface area contributed by atoms with E-state index >= 15 is 0 Å². The predicted octanol–water partition coefficient (Wildman–Crippen LogP) is 2.31. The Balaban J connectivity index is 1.67. The van der Waals surface area contributed by atoms with Gasteiger partial charge in [-0.25, -0.2) is 4.79 Å². The van der Waals surface area contributed by atoms with Gasteiger partial charge in [-0.1, -0.05) is 18.2 Å². The zero-order chi connectivity index (χ0) is 20.3. The Bertz CT molecular complexity index is 983. The van der Waals surface area contributed by atoms with Crippen molar-refractivity contribution in [1.82, 2.24) is 10.2 Å². The van der Waals surface area contributed by atoms with Gasteiger partial charge in [-0.15, -0.1) is 0 Å². The maximum absolute atomic E-state index is 12.8. The number of hydrogen-bond acceptors (Lipinski definition) is 6. The predicted molar refractivity (Wildman–Crippen MR) is 97.3 cm³/mol. The summed E-state index contributed by atoms with van der Waals surface area (Å²) in [6.45, 7) is 1.57. The Labute approximate surface area is 160 Å². The van der Waals surface area contributed by atoms with Crippen molar-refractivity contribution in [3.63, 3.8) is 0 Å². The first-order chi connectivity index (χ1) is 13.3. The van der Waals surface area contributed by atoms with Crippen LogP contribution in [0.25, 0.3) is 0 Å². The highest BCUT2D eigenvalue weighted by Crippen LogP contribution is 2.29. The molecule has 0 radical (unpaired) electrons. The molecule has 1 saturated heterocycles. The molecule has 3 rings (SSSR count). The lowest BCUT2D eigenvalue weighted by molar-refractivity contribution is -0.384. The van der Waals surface area contributed by atoms with Gasteiger partial charge < -0.3 is 10.1 Å². The van der Waals surface area contributed by atoms with Crippen molar-refractivity contribution in [2.24, 2.45) is 0 Å². The number of carbonyl (C=O) groups excluding carboxylic acids is 2. The number of nitriles is 1. The molecule has 0 aromatic heterocycles. The number of rotatable bonds is 6. The number of nitrogens with one attached hydrogen (secondary N) is 1. The van der Waals surface area contributed by atoms with E-state index in [4.69, 9.17) is 10.00 Å². The molecule has 1 fully saturated rings. The Hall–Kier alpha value is -3.93. The van der Waals surface area contributed by atoms with Crippen LogP contribution in [0.3, 0.4) is 0 Å². The number of non-ortho nitro benzene ring substituents is 1. The van der Waals surface area contributed by atoms with Gasteiger partial charge in [0.25, 0.3) is 11.6 Å². The fourth-order valence-electron chi connectivity index (χ4n) is 2.92. The van der Waals surface area contributed by atoms with Gasteiger partial charge in [0.2, 0.25) is 0 Å². The smallest absolute Gasteiger partial charge is 0.325 e. The molecule has 0 saturated carbocycles. The summed E-state index contributed by atoms with van der Waals surface area (Å²) in [5.41, 5.74) is -0.337. The van der Waals surface area contributed by atoms with E-state index in [1.165, 1.54) is 18.2 Å². The lowest BCUT2D eigenvalue weighted by atomic mass is 9.91. The summed E-state index contributed by atoms with van der Waals surface area (Å²) >= 11 is 0. The lowest BCUT2D eigenvalue weighted by Crippen LogP contribution is -2.41. The highest BCUT2D eigenvalue weighted by molar-refractivity contribution is 6.07. The second kappa shape index (κ2) is 7.36. The number of nitro benzene ring substituents is 1. The van der Waals surface area contributed by atoms with Crippen LogP contribution in [0.4, 0.5) is 10.5 Å². The van der Waals surface area contributed by atoms with Gasteiger partial charge in [0.1, 0.15) is 17.9 Å². The fraction of sp³-hybridized carbons (Fsp3) is 0.211. The third-order valence-electron chi connectivity index (χ3n) is 4.48. The van der Waals surface area contributed by atoms with E-state index in [1.54, 1.807) is 37.3 Å². The molecule has 1 aliphatic rings. The topological polar surface area (TPSA) is 126 Å². The molecule has 1 N–H and O–H groups in total. The third kappa shape index (κ3) is 3.48. The van der Waals surface area contributed by atoms with Crippen molar-refractivity contribution >= 4 is 17.6 Å². The van der Waals surface area contributed by atoms with Crippen LogP contribution in [-0.4, -0.2) is 34.9 Å². The number of urea groups is 1. The van der Waals surface area contributed by atoms with Crippen LogP contribution < -0.4 is 10.1 Å². The minimum absolute atomic E-state index is 0.0101. The Morgan fingerprint density at radius 1 is 1.25 bits per heavy atom. The highest BCUT2D eigenvalue weighted by atomic mass is 16.6. The maximum Gasteiger partial charge on any atom is 0.325 e. The van der Waals surface area contributed by atoms with Crippen LogP contribution in [0.2, 0.25) is 0 Å². The molecular weight excluding hydrogens is 364 g/mol. The first kappa shape index (κ1) is 18.8. The van der Waals surface area contributed by atoms with Crippen molar-refractivity contribution < 1.29 is 19.2 Å². The zero-order valence-corrected chi connectivity index (χ0v) is 14.9. The summed E-state index contributed by atoms with van der Waals surface area (Å²) in [6.07, 6.45) is 0. The number of imide groups is 1. The van der Waals surface area contributed by atoms with Crippen LogP contribution in [0.5, 0.6) is 5.75 Å². The SMILES string of the molecule is C[C@]1(c2ccc(C#N)cc2)NC(=O)N(CCOc2cccc([N+](=O)[O-])c2)C1=O. The van der Waals surface area contributed by atoms with E-state index in [2.05, 4.69) is 5.32 Å². The minimum Gasteiger partial charge on any atom is -0.491 e. The molecule has 9 heteroatoms. The quantitative estimate of drug-likeness (QED) is 0.466. The van der Waals surface area contributed by atoms with Crippen LogP contribution >= 0.6 is 0 Å².